The smallest absolute Gasteiger partial charge is 0.266 e. The minimum absolute atomic E-state index is 0.0730. The molecule has 166 valence electrons. The van der Waals surface area contributed by atoms with E-state index in [0.717, 1.165) is 33.9 Å². The Morgan fingerprint density at radius 2 is 1.88 bits per heavy atom. The largest absolute Gasteiger partial charge is 0.497 e. The van der Waals surface area contributed by atoms with Crippen LogP contribution in [0.5, 0.6) is 5.75 Å². The fourth-order valence-corrected chi connectivity index (χ4v) is 4.26. The fraction of sp³-hybridized carbons (Fsp3) is 0.240. The number of methoxy groups -OCH3 is 1. The highest BCUT2D eigenvalue weighted by molar-refractivity contribution is 7.98. The van der Waals surface area contributed by atoms with Crippen molar-refractivity contribution in [1.29, 1.82) is 0 Å². The van der Waals surface area contributed by atoms with Crippen molar-refractivity contribution in [1.82, 2.24) is 5.01 Å². The molecule has 1 aliphatic heterocycles. The standard InChI is InChI=1S/C25H26FN3O2S/c1-31-19-12-10-18(11-13-19)28-29-23(25(29)30)7-5-15-27-22-14-9-17(16-21(22)26)20-6-3-4-8-24(20)32-2/h3-4,6,8-14,16,23,27-28H,5,7,15H2,1-2H3. The zero-order chi connectivity index (χ0) is 22.5. The van der Waals surface area contributed by atoms with Gasteiger partial charge in [-0.15, -0.1) is 11.8 Å². The maximum Gasteiger partial charge on any atom is 0.266 e. The van der Waals surface area contributed by atoms with Gasteiger partial charge >= 0.3 is 0 Å². The van der Waals surface area contributed by atoms with Gasteiger partial charge in [-0.1, -0.05) is 24.3 Å². The number of rotatable bonds is 10. The molecule has 1 heterocycles. The summed E-state index contributed by atoms with van der Waals surface area (Å²) in [6, 6.07) is 20.6. The topological polar surface area (TPSA) is 53.4 Å². The summed E-state index contributed by atoms with van der Waals surface area (Å²) in [5, 5.41) is 4.78. The summed E-state index contributed by atoms with van der Waals surface area (Å²) in [6.45, 7) is 0.595. The van der Waals surface area contributed by atoms with Crippen molar-refractivity contribution >= 4 is 29.0 Å². The van der Waals surface area contributed by atoms with Crippen molar-refractivity contribution in [2.45, 2.75) is 23.8 Å². The van der Waals surface area contributed by atoms with Crippen LogP contribution in [0.2, 0.25) is 0 Å². The van der Waals surface area contributed by atoms with E-state index >= 15 is 0 Å². The zero-order valence-electron chi connectivity index (χ0n) is 18.1. The average Bonchev–Trinajstić information content (AvgIpc) is 3.44. The molecule has 5 nitrogen and oxygen atoms in total. The number of carbonyl (C=O) groups is 1. The second kappa shape index (κ2) is 9.96. The first kappa shape index (κ1) is 22.0. The molecule has 3 aromatic carbocycles. The summed E-state index contributed by atoms with van der Waals surface area (Å²) in [7, 11) is 1.62. The van der Waals surface area contributed by atoms with E-state index < -0.39 is 0 Å². The van der Waals surface area contributed by atoms with Gasteiger partial charge in [-0.05, 0) is 72.7 Å². The molecule has 0 aromatic heterocycles. The van der Waals surface area contributed by atoms with Crippen molar-refractivity contribution in [2.75, 3.05) is 30.7 Å². The summed E-state index contributed by atoms with van der Waals surface area (Å²) in [5.41, 5.74) is 6.32. The first-order chi connectivity index (χ1) is 15.6. The lowest BCUT2D eigenvalue weighted by Crippen LogP contribution is -2.12. The minimum Gasteiger partial charge on any atom is -0.497 e. The maximum atomic E-state index is 14.6. The number of hydrogen-bond acceptors (Lipinski definition) is 5. The molecular weight excluding hydrogens is 425 g/mol. The Balaban J connectivity index is 1.25. The predicted octanol–water partition coefficient (Wildman–Crippen LogP) is 5.65. The van der Waals surface area contributed by atoms with Crippen LogP contribution in [0.1, 0.15) is 12.8 Å². The summed E-state index contributed by atoms with van der Waals surface area (Å²) in [5.74, 6) is 0.566. The van der Waals surface area contributed by atoms with Gasteiger partial charge in [-0.3, -0.25) is 10.2 Å². The SMILES string of the molecule is COc1ccc(NN2C(=O)C2CCCNc2ccc(-c3ccccc3SC)cc2F)cc1. The third-order valence-corrected chi connectivity index (χ3v) is 6.26. The summed E-state index contributed by atoms with van der Waals surface area (Å²) in [4.78, 5) is 13.2. The second-order valence-corrected chi connectivity index (χ2v) is 8.38. The van der Waals surface area contributed by atoms with E-state index in [-0.39, 0.29) is 17.8 Å². The maximum absolute atomic E-state index is 14.6. The summed E-state index contributed by atoms with van der Waals surface area (Å²) < 4.78 is 19.8. The molecule has 0 aliphatic carbocycles. The number of hydrazine groups is 1. The fourth-order valence-electron chi connectivity index (χ4n) is 3.64. The van der Waals surface area contributed by atoms with E-state index in [4.69, 9.17) is 4.74 Å². The van der Waals surface area contributed by atoms with Gasteiger partial charge in [0.15, 0.2) is 0 Å². The molecule has 3 aromatic rings. The molecule has 1 fully saturated rings. The molecule has 0 bridgehead atoms. The number of halogens is 1. The van der Waals surface area contributed by atoms with Crippen molar-refractivity contribution in [2.24, 2.45) is 0 Å². The molecule has 7 heteroatoms. The number of thioether (sulfide) groups is 1. The van der Waals surface area contributed by atoms with E-state index in [2.05, 4.69) is 10.7 Å². The normalized spacial score (nSPS) is 14.9. The monoisotopic (exact) mass is 451 g/mol. The number of anilines is 2. The zero-order valence-corrected chi connectivity index (χ0v) is 18.9. The number of carbonyl (C=O) groups excluding carboxylic acids is 1. The Bertz CT molecular complexity index is 1090. The Kier molecular flexibility index (Phi) is 6.85. The molecule has 0 spiro atoms. The van der Waals surface area contributed by atoms with Gasteiger partial charge in [0.2, 0.25) is 0 Å². The highest BCUT2D eigenvalue weighted by Gasteiger charge is 2.45. The first-order valence-electron chi connectivity index (χ1n) is 10.5. The van der Waals surface area contributed by atoms with Crippen LogP contribution >= 0.6 is 11.8 Å². The van der Waals surface area contributed by atoms with Crippen molar-refractivity contribution in [3.8, 4) is 16.9 Å². The predicted molar refractivity (Wildman–Crippen MR) is 129 cm³/mol. The minimum atomic E-state index is -0.274. The van der Waals surface area contributed by atoms with Gasteiger partial charge < -0.3 is 10.1 Å². The van der Waals surface area contributed by atoms with Crippen molar-refractivity contribution in [3.63, 3.8) is 0 Å². The number of ether oxygens (including phenoxy) is 1. The van der Waals surface area contributed by atoms with Crippen LogP contribution < -0.4 is 15.5 Å². The third kappa shape index (κ3) is 4.99. The van der Waals surface area contributed by atoms with Gasteiger partial charge in [0, 0.05) is 11.4 Å². The lowest BCUT2D eigenvalue weighted by Gasteiger charge is -2.11. The van der Waals surface area contributed by atoms with Gasteiger partial charge in [-0.25, -0.2) is 9.40 Å². The summed E-state index contributed by atoms with van der Waals surface area (Å²) in [6.07, 6.45) is 3.48. The van der Waals surface area contributed by atoms with Gasteiger partial charge in [0.25, 0.3) is 5.91 Å². The number of hydrogen-bond donors (Lipinski definition) is 2. The Morgan fingerprint density at radius 3 is 2.59 bits per heavy atom. The molecule has 0 radical (unpaired) electrons. The number of nitrogens with one attached hydrogen (secondary N) is 2. The van der Waals surface area contributed by atoms with Crippen molar-refractivity contribution < 1.29 is 13.9 Å². The van der Waals surface area contributed by atoms with Gasteiger partial charge in [0.1, 0.15) is 17.6 Å². The Hall–Kier alpha value is -3.19. The van der Waals surface area contributed by atoms with Crippen LogP contribution in [0.25, 0.3) is 11.1 Å². The van der Waals surface area contributed by atoms with Gasteiger partial charge in [0.05, 0.1) is 18.5 Å². The van der Waals surface area contributed by atoms with E-state index in [1.807, 2.05) is 60.9 Å². The van der Waals surface area contributed by atoms with Crippen LogP contribution in [0.4, 0.5) is 15.8 Å². The van der Waals surface area contributed by atoms with E-state index in [9.17, 15) is 9.18 Å². The Labute approximate surface area is 191 Å². The number of amides is 1. The lowest BCUT2D eigenvalue weighted by atomic mass is 10.0. The van der Waals surface area contributed by atoms with E-state index in [0.29, 0.717) is 18.7 Å². The molecular formula is C25H26FN3O2S. The van der Waals surface area contributed by atoms with Crippen LogP contribution in [0, 0.1) is 5.82 Å². The quantitative estimate of drug-likeness (QED) is 0.237. The highest BCUT2D eigenvalue weighted by atomic mass is 32.2. The molecule has 4 rings (SSSR count). The summed E-state index contributed by atoms with van der Waals surface area (Å²) >= 11 is 1.65. The number of benzene rings is 3. The second-order valence-electron chi connectivity index (χ2n) is 7.53. The lowest BCUT2D eigenvalue weighted by molar-refractivity contribution is -0.113. The first-order valence-corrected chi connectivity index (χ1v) is 11.7. The highest BCUT2D eigenvalue weighted by Crippen LogP contribution is 2.32. The number of nitrogens with zero attached hydrogens (tertiary/aromatic N) is 1. The van der Waals surface area contributed by atoms with Crippen molar-refractivity contribution in [3.05, 3.63) is 72.5 Å². The molecule has 32 heavy (non-hydrogen) atoms. The molecule has 1 amide bonds. The average molecular weight is 452 g/mol. The molecule has 1 saturated heterocycles. The third-order valence-electron chi connectivity index (χ3n) is 5.46. The molecule has 1 unspecified atom stereocenters. The molecule has 1 aliphatic rings. The van der Waals surface area contributed by atoms with Crippen LogP contribution in [-0.2, 0) is 4.79 Å². The molecule has 2 N–H and O–H groups in total. The molecule has 0 saturated carbocycles. The van der Waals surface area contributed by atoms with Crippen LogP contribution in [-0.4, -0.2) is 36.9 Å². The molecule has 1 atom stereocenters. The van der Waals surface area contributed by atoms with Crippen LogP contribution in [0.3, 0.4) is 0 Å². The Morgan fingerprint density at radius 1 is 1.09 bits per heavy atom. The van der Waals surface area contributed by atoms with E-state index in [1.165, 1.54) is 0 Å². The van der Waals surface area contributed by atoms with Gasteiger partial charge in [-0.2, -0.15) is 0 Å². The van der Waals surface area contributed by atoms with E-state index in [1.54, 1.807) is 36.0 Å². The van der Waals surface area contributed by atoms with Crippen LogP contribution in [0.15, 0.2) is 71.6 Å².